The SMILES string of the molecule is COc1ccccc1[C@]1(O)C[C@H](CC#N)C[C@H]2CN(C(=O)Cc3ccccc3Cl)C[C@H]21. The number of hydrogen-bond acceptors (Lipinski definition) is 4. The van der Waals surface area contributed by atoms with Gasteiger partial charge in [0.05, 0.1) is 25.2 Å². The van der Waals surface area contributed by atoms with Gasteiger partial charge in [-0.05, 0) is 42.4 Å². The lowest BCUT2D eigenvalue weighted by molar-refractivity contribution is -0.130. The quantitative estimate of drug-likeness (QED) is 0.760. The molecular formula is C25H27ClN2O3. The molecule has 1 aliphatic carbocycles. The van der Waals surface area contributed by atoms with Crippen LogP contribution in [0.1, 0.15) is 30.4 Å². The van der Waals surface area contributed by atoms with E-state index in [0.29, 0.717) is 36.7 Å². The molecule has 4 atom stereocenters. The number of hydrogen-bond donors (Lipinski definition) is 1. The first kappa shape index (κ1) is 21.7. The number of ether oxygens (including phenoxy) is 1. The van der Waals surface area contributed by atoms with E-state index in [1.54, 1.807) is 13.2 Å². The Kier molecular flexibility index (Phi) is 6.22. The summed E-state index contributed by atoms with van der Waals surface area (Å²) < 4.78 is 5.55. The van der Waals surface area contributed by atoms with Gasteiger partial charge in [-0.15, -0.1) is 0 Å². The molecule has 2 fully saturated rings. The second-order valence-electron chi connectivity index (χ2n) is 8.73. The van der Waals surface area contributed by atoms with Crippen LogP contribution in [-0.2, 0) is 16.8 Å². The number of rotatable bonds is 5. The van der Waals surface area contributed by atoms with Crippen molar-refractivity contribution in [3.63, 3.8) is 0 Å². The van der Waals surface area contributed by atoms with Crippen molar-refractivity contribution in [3.8, 4) is 11.8 Å². The molecular weight excluding hydrogens is 412 g/mol. The van der Waals surface area contributed by atoms with Crippen molar-refractivity contribution in [3.05, 3.63) is 64.7 Å². The average Bonchev–Trinajstić information content (AvgIpc) is 3.21. The Labute approximate surface area is 188 Å². The van der Waals surface area contributed by atoms with Gasteiger partial charge < -0.3 is 14.7 Å². The molecule has 0 bridgehead atoms. The molecule has 6 heteroatoms. The number of halogens is 1. The summed E-state index contributed by atoms with van der Waals surface area (Å²) in [5, 5.41) is 21.9. The molecule has 0 spiro atoms. The Morgan fingerprint density at radius 1 is 1.26 bits per heavy atom. The summed E-state index contributed by atoms with van der Waals surface area (Å²) in [6.07, 6.45) is 1.97. The minimum atomic E-state index is -1.14. The highest BCUT2D eigenvalue weighted by Gasteiger charge is 2.53. The normalized spacial score (nSPS) is 27.4. The number of nitriles is 1. The first-order valence-corrected chi connectivity index (χ1v) is 11.1. The first-order valence-electron chi connectivity index (χ1n) is 10.7. The van der Waals surface area contributed by atoms with Crippen molar-refractivity contribution in [2.75, 3.05) is 20.2 Å². The Morgan fingerprint density at radius 3 is 2.74 bits per heavy atom. The van der Waals surface area contributed by atoms with E-state index in [9.17, 15) is 15.2 Å². The van der Waals surface area contributed by atoms with Crippen molar-refractivity contribution in [1.82, 2.24) is 4.90 Å². The molecule has 162 valence electrons. The van der Waals surface area contributed by atoms with Crippen LogP contribution in [0.5, 0.6) is 5.75 Å². The number of para-hydroxylation sites is 1. The molecule has 2 aliphatic rings. The van der Waals surface area contributed by atoms with E-state index in [1.807, 2.05) is 47.4 Å². The van der Waals surface area contributed by atoms with Crippen LogP contribution in [0, 0.1) is 29.1 Å². The van der Waals surface area contributed by atoms with Crippen LogP contribution in [0.25, 0.3) is 0 Å². The first-order chi connectivity index (χ1) is 15.0. The van der Waals surface area contributed by atoms with Crippen LogP contribution in [0.4, 0.5) is 0 Å². The van der Waals surface area contributed by atoms with Gasteiger partial charge in [-0.2, -0.15) is 5.26 Å². The van der Waals surface area contributed by atoms with E-state index in [4.69, 9.17) is 16.3 Å². The third-order valence-electron chi connectivity index (χ3n) is 6.90. The number of carbonyl (C=O) groups excluding carboxylic acids is 1. The molecule has 1 amide bonds. The summed E-state index contributed by atoms with van der Waals surface area (Å²) in [5.41, 5.74) is 0.415. The maximum Gasteiger partial charge on any atom is 0.227 e. The predicted octanol–water partition coefficient (Wildman–Crippen LogP) is 4.18. The van der Waals surface area contributed by atoms with Gasteiger partial charge >= 0.3 is 0 Å². The molecule has 31 heavy (non-hydrogen) atoms. The molecule has 2 aromatic rings. The van der Waals surface area contributed by atoms with Crippen molar-refractivity contribution in [1.29, 1.82) is 5.26 Å². The third-order valence-corrected chi connectivity index (χ3v) is 7.26. The zero-order chi connectivity index (χ0) is 22.0. The highest BCUT2D eigenvalue weighted by molar-refractivity contribution is 6.31. The van der Waals surface area contributed by atoms with Crippen LogP contribution >= 0.6 is 11.6 Å². The smallest absolute Gasteiger partial charge is 0.227 e. The standard InChI is InChI=1S/C25H27ClN2O3/c1-31-23-9-5-3-7-20(23)25(30)14-17(10-11-27)12-19-15-28(16-21(19)25)24(29)13-18-6-2-4-8-22(18)26/h2-9,17,19,21,30H,10,12-16H2,1H3/t17-,19+,21-,25-/m1/s1. The Balaban J connectivity index is 1.62. The number of likely N-dealkylation sites (tertiary alicyclic amines) is 1. The van der Waals surface area contributed by atoms with Crippen molar-refractivity contribution in [2.45, 2.75) is 31.3 Å². The largest absolute Gasteiger partial charge is 0.496 e. The van der Waals surface area contributed by atoms with Crippen LogP contribution in [-0.4, -0.2) is 36.1 Å². The van der Waals surface area contributed by atoms with E-state index in [0.717, 1.165) is 17.5 Å². The third kappa shape index (κ3) is 4.15. The molecule has 0 unspecified atom stereocenters. The van der Waals surface area contributed by atoms with Crippen LogP contribution in [0.3, 0.4) is 0 Å². The number of benzene rings is 2. The topological polar surface area (TPSA) is 73.6 Å². The minimum absolute atomic E-state index is 0.0155. The zero-order valence-corrected chi connectivity index (χ0v) is 18.4. The Morgan fingerprint density at radius 2 is 2.00 bits per heavy atom. The van der Waals surface area contributed by atoms with Crippen molar-refractivity contribution in [2.24, 2.45) is 17.8 Å². The predicted molar refractivity (Wildman–Crippen MR) is 119 cm³/mol. The molecule has 4 rings (SSSR count). The highest BCUT2D eigenvalue weighted by Crippen LogP contribution is 2.52. The molecule has 1 heterocycles. The van der Waals surface area contributed by atoms with Gasteiger partial charge in [0, 0.05) is 36.0 Å². The molecule has 5 nitrogen and oxygen atoms in total. The number of aliphatic hydroxyl groups is 1. The number of methoxy groups -OCH3 is 1. The Bertz CT molecular complexity index is 1000. The summed E-state index contributed by atoms with van der Waals surface area (Å²) in [5.74, 6) is 0.773. The van der Waals surface area contributed by atoms with E-state index < -0.39 is 5.60 Å². The van der Waals surface area contributed by atoms with Crippen LogP contribution in [0.2, 0.25) is 5.02 Å². The number of nitrogens with zero attached hydrogens (tertiary/aromatic N) is 2. The lowest BCUT2D eigenvalue weighted by atomic mass is 9.63. The number of amides is 1. The molecule has 1 aliphatic heterocycles. The summed E-state index contributed by atoms with van der Waals surface area (Å²) in [6.45, 7) is 1.08. The van der Waals surface area contributed by atoms with E-state index in [-0.39, 0.29) is 30.1 Å². The number of fused-ring (bicyclic) bond motifs is 1. The fraction of sp³-hybridized carbons (Fsp3) is 0.440. The van der Waals surface area contributed by atoms with Gasteiger partial charge in [0.15, 0.2) is 0 Å². The number of carbonyl (C=O) groups is 1. The van der Waals surface area contributed by atoms with Gasteiger partial charge in [-0.25, -0.2) is 0 Å². The van der Waals surface area contributed by atoms with Gasteiger partial charge in [0.25, 0.3) is 0 Å². The maximum atomic E-state index is 13.1. The van der Waals surface area contributed by atoms with E-state index in [2.05, 4.69) is 6.07 Å². The van der Waals surface area contributed by atoms with Gasteiger partial charge in [0.2, 0.25) is 5.91 Å². The maximum absolute atomic E-state index is 13.1. The van der Waals surface area contributed by atoms with Gasteiger partial charge in [-0.1, -0.05) is 48.0 Å². The molecule has 1 N–H and O–H groups in total. The van der Waals surface area contributed by atoms with Crippen molar-refractivity contribution < 1.29 is 14.6 Å². The molecule has 2 aromatic carbocycles. The van der Waals surface area contributed by atoms with Gasteiger partial charge in [-0.3, -0.25) is 4.79 Å². The highest BCUT2D eigenvalue weighted by atomic mass is 35.5. The van der Waals surface area contributed by atoms with Crippen molar-refractivity contribution >= 4 is 17.5 Å². The van der Waals surface area contributed by atoms with E-state index in [1.165, 1.54) is 0 Å². The lowest BCUT2D eigenvalue weighted by Gasteiger charge is -2.45. The second-order valence-corrected chi connectivity index (χ2v) is 9.13. The van der Waals surface area contributed by atoms with E-state index >= 15 is 0 Å². The summed E-state index contributed by atoms with van der Waals surface area (Å²) in [4.78, 5) is 15.0. The molecule has 1 saturated heterocycles. The monoisotopic (exact) mass is 438 g/mol. The average molecular weight is 439 g/mol. The molecule has 1 saturated carbocycles. The fourth-order valence-corrected chi connectivity index (χ4v) is 5.67. The summed E-state index contributed by atoms with van der Waals surface area (Å²) in [6, 6.07) is 17.2. The summed E-state index contributed by atoms with van der Waals surface area (Å²) in [7, 11) is 1.60. The summed E-state index contributed by atoms with van der Waals surface area (Å²) >= 11 is 6.25. The van der Waals surface area contributed by atoms with Crippen LogP contribution in [0.15, 0.2) is 48.5 Å². The minimum Gasteiger partial charge on any atom is -0.496 e. The van der Waals surface area contributed by atoms with Gasteiger partial charge in [0.1, 0.15) is 5.75 Å². The second kappa shape index (κ2) is 8.90. The zero-order valence-electron chi connectivity index (χ0n) is 17.6. The molecule has 0 aromatic heterocycles. The lowest BCUT2D eigenvalue weighted by Crippen LogP contribution is -2.46. The Hall–Kier alpha value is -2.55. The fourth-order valence-electron chi connectivity index (χ4n) is 5.47. The van der Waals surface area contributed by atoms with Crippen LogP contribution < -0.4 is 4.74 Å². The molecule has 0 radical (unpaired) electrons.